The molecule has 0 amide bonds. The molecule has 0 spiro atoms. The van der Waals surface area contributed by atoms with Crippen LogP contribution in [-0.2, 0) is 9.53 Å². The van der Waals surface area contributed by atoms with Crippen molar-refractivity contribution in [2.24, 2.45) is 0 Å². The first-order valence-electron chi connectivity index (χ1n) is 5.05. The third-order valence-corrected chi connectivity index (χ3v) is 2.84. The molecule has 0 aromatic carbocycles. The number of hydrogen-bond acceptors (Lipinski definition) is 4. The average Bonchev–Trinajstić information content (AvgIpc) is 2.17. The number of carbonyl (C=O) groups excluding carboxylic acids is 1. The molecule has 1 fully saturated rings. The first-order chi connectivity index (χ1) is 6.56. The fourth-order valence-corrected chi connectivity index (χ4v) is 1.72. The van der Waals surface area contributed by atoms with Crippen molar-refractivity contribution in [1.29, 1.82) is 0 Å². The highest BCUT2D eigenvalue weighted by Crippen LogP contribution is 2.15. The van der Waals surface area contributed by atoms with Crippen LogP contribution in [0.3, 0.4) is 0 Å². The molecule has 0 saturated carbocycles. The van der Waals surface area contributed by atoms with Crippen LogP contribution >= 0.6 is 0 Å². The Bertz CT molecular complexity index is 208. The molecule has 1 heterocycles. The SMILES string of the molecule is CC(=O)C(C)N1CC(CO)OCC1C. The lowest BCUT2D eigenvalue weighted by atomic mass is 10.1. The summed E-state index contributed by atoms with van der Waals surface area (Å²) in [6, 6.07) is 0.166. The topological polar surface area (TPSA) is 49.8 Å². The Labute approximate surface area is 84.8 Å². The van der Waals surface area contributed by atoms with E-state index in [1.54, 1.807) is 6.92 Å². The van der Waals surface area contributed by atoms with Gasteiger partial charge in [0.05, 0.1) is 25.4 Å². The van der Waals surface area contributed by atoms with Crippen LogP contribution in [0.1, 0.15) is 20.8 Å². The number of Topliss-reactive ketones (excluding diaryl/α,β-unsaturated/α-hetero) is 1. The highest BCUT2D eigenvalue weighted by Gasteiger charge is 2.30. The Morgan fingerprint density at radius 2 is 2.36 bits per heavy atom. The average molecular weight is 201 g/mol. The molecule has 1 aliphatic rings. The van der Waals surface area contributed by atoms with Crippen LogP contribution in [0.4, 0.5) is 0 Å². The minimum absolute atomic E-state index is 0.0217. The van der Waals surface area contributed by atoms with Crippen LogP contribution in [0.25, 0.3) is 0 Å². The minimum Gasteiger partial charge on any atom is -0.394 e. The second-order valence-electron chi connectivity index (χ2n) is 3.97. The van der Waals surface area contributed by atoms with Crippen molar-refractivity contribution in [2.45, 2.75) is 39.0 Å². The highest BCUT2D eigenvalue weighted by molar-refractivity contribution is 5.81. The smallest absolute Gasteiger partial charge is 0.146 e. The van der Waals surface area contributed by atoms with Gasteiger partial charge in [0, 0.05) is 12.6 Å². The normalized spacial score (nSPS) is 31.4. The van der Waals surface area contributed by atoms with Crippen LogP contribution < -0.4 is 0 Å². The van der Waals surface area contributed by atoms with E-state index in [0.717, 1.165) is 0 Å². The third-order valence-electron chi connectivity index (χ3n) is 2.84. The van der Waals surface area contributed by atoms with Gasteiger partial charge in [0.15, 0.2) is 0 Å². The lowest BCUT2D eigenvalue weighted by molar-refractivity contribution is -0.130. The number of morpholine rings is 1. The molecule has 1 N–H and O–H groups in total. The Balaban J connectivity index is 2.60. The quantitative estimate of drug-likeness (QED) is 0.700. The Morgan fingerprint density at radius 1 is 1.71 bits per heavy atom. The van der Waals surface area contributed by atoms with Crippen molar-refractivity contribution >= 4 is 5.78 Å². The van der Waals surface area contributed by atoms with E-state index < -0.39 is 0 Å². The molecule has 0 aromatic heterocycles. The van der Waals surface area contributed by atoms with Gasteiger partial charge in [-0.15, -0.1) is 0 Å². The summed E-state index contributed by atoms with van der Waals surface area (Å²) in [6.07, 6.45) is -0.145. The molecule has 0 aliphatic carbocycles. The molecule has 1 saturated heterocycles. The predicted octanol–water partition coefficient (Wildman–Crippen LogP) is 0.0455. The maximum Gasteiger partial charge on any atom is 0.146 e. The maximum atomic E-state index is 11.2. The zero-order chi connectivity index (χ0) is 10.7. The molecule has 14 heavy (non-hydrogen) atoms. The second-order valence-corrected chi connectivity index (χ2v) is 3.97. The molecule has 4 heteroatoms. The van der Waals surface area contributed by atoms with Crippen molar-refractivity contribution in [2.75, 3.05) is 19.8 Å². The van der Waals surface area contributed by atoms with E-state index in [2.05, 4.69) is 4.90 Å². The number of ether oxygens (including phenoxy) is 1. The fraction of sp³-hybridized carbons (Fsp3) is 0.900. The Hall–Kier alpha value is -0.450. The summed E-state index contributed by atoms with van der Waals surface area (Å²) in [5.41, 5.74) is 0. The van der Waals surface area contributed by atoms with Gasteiger partial charge >= 0.3 is 0 Å². The van der Waals surface area contributed by atoms with Crippen molar-refractivity contribution in [3.8, 4) is 0 Å². The molecule has 0 radical (unpaired) electrons. The lowest BCUT2D eigenvalue weighted by Crippen LogP contribution is -2.54. The zero-order valence-corrected chi connectivity index (χ0v) is 9.06. The van der Waals surface area contributed by atoms with Gasteiger partial charge in [0.25, 0.3) is 0 Å². The van der Waals surface area contributed by atoms with Gasteiger partial charge in [-0.1, -0.05) is 0 Å². The molecule has 82 valence electrons. The fourth-order valence-electron chi connectivity index (χ4n) is 1.72. The molecule has 1 rings (SSSR count). The molecular formula is C10H19NO3. The van der Waals surface area contributed by atoms with E-state index in [4.69, 9.17) is 9.84 Å². The van der Waals surface area contributed by atoms with Gasteiger partial charge in [0.1, 0.15) is 5.78 Å². The van der Waals surface area contributed by atoms with E-state index in [9.17, 15) is 4.79 Å². The van der Waals surface area contributed by atoms with Crippen molar-refractivity contribution in [1.82, 2.24) is 4.90 Å². The number of hydrogen-bond donors (Lipinski definition) is 1. The first-order valence-corrected chi connectivity index (χ1v) is 5.05. The highest BCUT2D eigenvalue weighted by atomic mass is 16.5. The summed E-state index contributed by atoms with van der Waals surface area (Å²) in [7, 11) is 0. The Morgan fingerprint density at radius 3 is 2.86 bits per heavy atom. The maximum absolute atomic E-state index is 11.2. The molecular weight excluding hydrogens is 182 g/mol. The largest absolute Gasteiger partial charge is 0.394 e. The first kappa shape index (κ1) is 11.6. The summed E-state index contributed by atoms with van der Waals surface area (Å²) in [5, 5.41) is 8.98. The summed E-state index contributed by atoms with van der Waals surface area (Å²) in [5.74, 6) is 0.162. The third kappa shape index (κ3) is 2.53. The van der Waals surface area contributed by atoms with Crippen LogP contribution in [0.15, 0.2) is 0 Å². The van der Waals surface area contributed by atoms with Crippen LogP contribution in [0, 0.1) is 0 Å². The summed E-state index contributed by atoms with van der Waals surface area (Å²) < 4.78 is 5.40. The monoisotopic (exact) mass is 201 g/mol. The second kappa shape index (κ2) is 4.87. The van der Waals surface area contributed by atoms with Gasteiger partial charge in [-0.25, -0.2) is 0 Å². The van der Waals surface area contributed by atoms with Crippen LogP contribution in [0.5, 0.6) is 0 Å². The molecule has 0 bridgehead atoms. The molecule has 3 unspecified atom stereocenters. The molecule has 4 nitrogen and oxygen atoms in total. The standard InChI is InChI=1S/C10H19NO3/c1-7-6-14-10(5-12)4-11(7)8(2)9(3)13/h7-8,10,12H,4-6H2,1-3H3. The van der Waals surface area contributed by atoms with Crippen LogP contribution in [0.2, 0.25) is 0 Å². The number of aliphatic hydroxyl groups excluding tert-OH is 1. The predicted molar refractivity (Wildman–Crippen MR) is 53.1 cm³/mol. The molecule has 0 aromatic rings. The van der Waals surface area contributed by atoms with Gasteiger partial charge in [-0.05, 0) is 20.8 Å². The molecule has 3 atom stereocenters. The number of rotatable bonds is 3. The van der Waals surface area contributed by atoms with Crippen molar-refractivity contribution in [3.63, 3.8) is 0 Å². The van der Waals surface area contributed by atoms with E-state index in [0.29, 0.717) is 13.2 Å². The lowest BCUT2D eigenvalue weighted by Gasteiger charge is -2.40. The van der Waals surface area contributed by atoms with Gasteiger partial charge in [-0.3, -0.25) is 9.69 Å². The van der Waals surface area contributed by atoms with Crippen molar-refractivity contribution in [3.05, 3.63) is 0 Å². The van der Waals surface area contributed by atoms with E-state index in [1.807, 2.05) is 13.8 Å². The van der Waals surface area contributed by atoms with E-state index in [1.165, 1.54) is 0 Å². The summed E-state index contributed by atoms with van der Waals surface area (Å²) >= 11 is 0. The van der Waals surface area contributed by atoms with Gasteiger partial charge in [0.2, 0.25) is 0 Å². The Kier molecular flexibility index (Phi) is 4.04. The van der Waals surface area contributed by atoms with Crippen molar-refractivity contribution < 1.29 is 14.6 Å². The minimum atomic E-state index is -0.145. The number of nitrogens with zero attached hydrogens (tertiary/aromatic N) is 1. The van der Waals surface area contributed by atoms with E-state index >= 15 is 0 Å². The molecule has 1 aliphatic heterocycles. The van der Waals surface area contributed by atoms with Crippen LogP contribution in [-0.4, -0.2) is 53.7 Å². The van der Waals surface area contributed by atoms with E-state index in [-0.39, 0.29) is 30.6 Å². The van der Waals surface area contributed by atoms with Gasteiger partial charge in [-0.2, -0.15) is 0 Å². The summed E-state index contributed by atoms with van der Waals surface area (Å²) in [6.45, 7) is 6.78. The summed E-state index contributed by atoms with van der Waals surface area (Å²) in [4.78, 5) is 13.3. The number of ketones is 1. The zero-order valence-electron chi connectivity index (χ0n) is 9.06. The number of carbonyl (C=O) groups is 1. The van der Waals surface area contributed by atoms with Gasteiger partial charge < -0.3 is 9.84 Å². The number of aliphatic hydroxyl groups is 1.